The van der Waals surface area contributed by atoms with Crippen molar-refractivity contribution in [1.29, 1.82) is 0 Å². The van der Waals surface area contributed by atoms with Crippen molar-refractivity contribution < 1.29 is 27.9 Å². The van der Waals surface area contributed by atoms with Crippen molar-refractivity contribution in [3.8, 4) is 0 Å². The van der Waals surface area contributed by atoms with Crippen LogP contribution in [-0.2, 0) is 32.6 Å². The summed E-state index contributed by atoms with van der Waals surface area (Å²) in [6.45, 7) is 5.37. The zero-order valence-corrected chi connectivity index (χ0v) is 29.7. The second-order valence-electron chi connectivity index (χ2n) is 12.5. The fourth-order valence-electron chi connectivity index (χ4n) is 5.66. The molecule has 2 amide bonds. The third-order valence-corrected chi connectivity index (χ3v) is 11.6. The summed E-state index contributed by atoms with van der Waals surface area (Å²) >= 11 is 2.58. The van der Waals surface area contributed by atoms with Gasteiger partial charge >= 0.3 is 6.09 Å². The van der Waals surface area contributed by atoms with E-state index in [1.807, 2.05) is 51.2 Å². The van der Waals surface area contributed by atoms with Gasteiger partial charge < -0.3 is 25.4 Å². The first kappa shape index (κ1) is 35.8. The molecule has 258 valence electrons. The monoisotopic (exact) mass is 714 g/mol. The number of nitrogens with one attached hydrogen (secondary N) is 2. The molecular weight excluding hydrogens is 673 g/mol. The number of benzene rings is 2. The van der Waals surface area contributed by atoms with Gasteiger partial charge in [-0.25, -0.2) is 18.2 Å². The first-order chi connectivity index (χ1) is 23.0. The van der Waals surface area contributed by atoms with Gasteiger partial charge in [-0.15, -0.1) is 11.3 Å². The Balaban J connectivity index is 1.32. The Morgan fingerprint density at radius 3 is 2.67 bits per heavy atom. The number of ether oxygens (including phenoxy) is 1. The van der Waals surface area contributed by atoms with E-state index in [-0.39, 0.29) is 48.8 Å². The molecule has 5 rings (SSSR count). The van der Waals surface area contributed by atoms with Crippen LogP contribution >= 0.6 is 22.7 Å². The van der Waals surface area contributed by atoms with Gasteiger partial charge in [0.15, 0.2) is 5.13 Å². The highest BCUT2D eigenvalue weighted by molar-refractivity contribution is 7.89. The number of fused-ring (bicyclic) bond motifs is 1. The lowest BCUT2D eigenvalue weighted by Crippen LogP contribution is -2.51. The van der Waals surface area contributed by atoms with Gasteiger partial charge in [-0.2, -0.15) is 4.31 Å². The van der Waals surface area contributed by atoms with Crippen LogP contribution in [0.25, 0.3) is 10.2 Å². The molecule has 4 aromatic rings. The number of likely N-dealkylation sites (tertiary alicyclic amines) is 1. The molecule has 48 heavy (non-hydrogen) atoms. The lowest BCUT2D eigenvalue weighted by atomic mass is 9.98. The molecule has 0 aliphatic carbocycles. The molecule has 12 nitrogen and oxygen atoms in total. The molecule has 1 saturated heterocycles. The van der Waals surface area contributed by atoms with Crippen molar-refractivity contribution in [3.63, 3.8) is 0 Å². The van der Waals surface area contributed by atoms with Crippen molar-refractivity contribution in [2.45, 2.75) is 56.8 Å². The van der Waals surface area contributed by atoms with Crippen LogP contribution < -0.4 is 10.6 Å². The topological polar surface area (TPSA) is 154 Å². The number of aliphatic hydroxyl groups excluding tert-OH is 1. The van der Waals surface area contributed by atoms with Crippen LogP contribution in [0.2, 0.25) is 0 Å². The molecule has 0 spiro atoms. The Morgan fingerprint density at radius 2 is 1.96 bits per heavy atom. The number of anilines is 1. The van der Waals surface area contributed by atoms with Gasteiger partial charge in [-0.3, -0.25) is 9.78 Å². The molecule has 0 saturated carbocycles. The molecule has 1 unspecified atom stereocenters. The summed E-state index contributed by atoms with van der Waals surface area (Å²) in [5.41, 5.74) is 3.08. The minimum Gasteiger partial charge on any atom is -0.444 e. The summed E-state index contributed by atoms with van der Waals surface area (Å²) in [6.07, 6.45) is 1.65. The number of carbonyl (C=O) groups is 2. The normalized spacial score (nSPS) is 17.0. The zero-order valence-electron chi connectivity index (χ0n) is 27.2. The van der Waals surface area contributed by atoms with Gasteiger partial charge in [0.1, 0.15) is 6.61 Å². The van der Waals surface area contributed by atoms with Gasteiger partial charge in [-0.1, -0.05) is 55.5 Å². The number of hydrogen-bond acceptors (Lipinski definition) is 11. The summed E-state index contributed by atoms with van der Waals surface area (Å²) in [5.74, 6) is -0.260. The number of alkyl carbamates (subject to hydrolysis) is 1. The average Bonchev–Trinajstić information content (AvgIpc) is 3.72. The molecule has 3 N–H and O–H groups in total. The van der Waals surface area contributed by atoms with E-state index in [9.17, 15) is 23.1 Å². The average molecular weight is 715 g/mol. The Morgan fingerprint density at radius 1 is 1.17 bits per heavy atom. The minimum absolute atomic E-state index is 0.0296. The number of sulfonamides is 1. The SMILES string of the molecule is CC(C)CN(C[C@@H](O)[C@H](Cc1ccccc1)NC(=O)OCc1cncs1)S(=O)(=O)c1ccc2nc(NC(=O)C3CCCN(C)C3)sc2c1. The van der Waals surface area contributed by atoms with E-state index in [0.717, 1.165) is 29.8 Å². The summed E-state index contributed by atoms with van der Waals surface area (Å²) in [4.78, 5) is 37.2. The van der Waals surface area contributed by atoms with Gasteiger partial charge in [-0.05, 0) is 62.5 Å². The highest BCUT2D eigenvalue weighted by atomic mass is 32.2. The van der Waals surface area contributed by atoms with E-state index in [2.05, 4.69) is 25.5 Å². The van der Waals surface area contributed by atoms with E-state index >= 15 is 0 Å². The van der Waals surface area contributed by atoms with E-state index in [1.165, 1.54) is 33.0 Å². The summed E-state index contributed by atoms with van der Waals surface area (Å²) < 4.78 is 35.5. The standard InChI is InChI=1S/C33H42N6O6S3/c1-22(2)17-39(19-29(40)28(14-23-8-5-4-6-9-23)36-33(42)45-20-25-16-34-21-46-25)48(43,44)26-11-12-27-30(15-26)47-32(35-27)37-31(41)24-10-7-13-38(3)18-24/h4-6,8-9,11-12,15-16,21-22,24,28-29,40H,7,10,13-14,17-20H2,1-3H3,(H,36,42)(H,35,37,41)/t24?,28-,29+/m0/s1. The summed E-state index contributed by atoms with van der Waals surface area (Å²) in [5, 5.41) is 17.6. The predicted octanol–water partition coefficient (Wildman–Crippen LogP) is 4.58. The smallest absolute Gasteiger partial charge is 0.407 e. The maximum atomic E-state index is 14.1. The van der Waals surface area contributed by atoms with Crippen LogP contribution in [0.5, 0.6) is 0 Å². The second kappa shape index (κ2) is 16.3. The fraction of sp³-hybridized carbons (Fsp3) is 0.455. The Bertz CT molecular complexity index is 1770. The summed E-state index contributed by atoms with van der Waals surface area (Å²) in [7, 11) is -2.08. The molecule has 2 aromatic carbocycles. The van der Waals surface area contributed by atoms with Crippen LogP contribution in [0, 0.1) is 11.8 Å². The van der Waals surface area contributed by atoms with E-state index in [0.29, 0.717) is 21.9 Å². The van der Waals surface area contributed by atoms with Gasteiger partial charge in [0.25, 0.3) is 0 Å². The quantitative estimate of drug-likeness (QED) is 0.170. The number of thiazole rings is 2. The van der Waals surface area contributed by atoms with Crippen molar-refractivity contribution in [3.05, 3.63) is 70.7 Å². The predicted molar refractivity (Wildman–Crippen MR) is 187 cm³/mol. The Hall–Kier alpha value is -3.47. The Labute approximate surface area is 289 Å². The van der Waals surface area contributed by atoms with Gasteiger partial charge in [0, 0.05) is 25.8 Å². The third kappa shape index (κ3) is 9.57. The molecule has 3 atom stereocenters. The van der Waals surface area contributed by atoms with Crippen LogP contribution in [0.4, 0.5) is 9.93 Å². The van der Waals surface area contributed by atoms with Crippen LogP contribution in [0.3, 0.4) is 0 Å². The number of aliphatic hydroxyl groups is 1. The molecule has 0 radical (unpaired) electrons. The number of piperidine rings is 1. The molecule has 3 heterocycles. The van der Waals surface area contributed by atoms with Crippen molar-refractivity contribution in [1.82, 2.24) is 24.5 Å². The highest BCUT2D eigenvalue weighted by Crippen LogP contribution is 2.30. The van der Waals surface area contributed by atoms with E-state index in [1.54, 1.807) is 23.8 Å². The van der Waals surface area contributed by atoms with E-state index in [4.69, 9.17) is 4.74 Å². The molecule has 1 aliphatic rings. The lowest BCUT2D eigenvalue weighted by molar-refractivity contribution is -0.121. The van der Waals surface area contributed by atoms with Crippen LogP contribution in [0.1, 0.15) is 37.1 Å². The molecule has 1 aliphatic heterocycles. The number of hydrogen-bond donors (Lipinski definition) is 3. The van der Waals surface area contributed by atoms with Crippen LogP contribution in [-0.4, -0.2) is 90.1 Å². The fourth-order valence-corrected chi connectivity index (χ4v) is 8.80. The zero-order chi connectivity index (χ0) is 34.3. The second-order valence-corrected chi connectivity index (χ2v) is 16.4. The van der Waals surface area contributed by atoms with Gasteiger partial charge in [0.05, 0.1) is 43.6 Å². The highest BCUT2D eigenvalue weighted by Gasteiger charge is 2.32. The molecule has 0 bridgehead atoms. The maximum absolute atomic E-state index is 14.1. The van der Waals surface area contributed by atoms with Crippen molar-refractivity contribution >= 4 is 60.0 Å². The molecule has 2 aromatic heterocycles. The number of nitrogens with zero attached hydrogens (tertiary/aromatic N) is 4. The van der Waals surface area contributed by atoms with Gasteiger partial charge in [0.2, 0.25) is 15.9 Å². The number of rotatable bonds is 14. The van der Waals surface area contributed by atoms with Crippen molar-refractivity contribution in [2.24, 2.45) is 11.8 Å². The molecule has 15 heteroatoms. The van der Waals surface area contributed by atoms with E-state index < -0.39 is 28.3 Å². The van der Waals surface area contributed by atoms with Crippen LogP contribution in [0.15, 0.2) is 65.1 Å². The third-order valence-electron chi connectivity index (χ3n) is 8.08. The first-order valence-corrected chi connectivity index (χ1v) is 19.0. The number of aromatic nitrogens is 2. The van der Waals surface area contributed by atoms with Crippen molar-refractivity contribution in [2.75, 3.05) is 38.5 Å². The molecule has 1 fully saturated rings. The summed E-state index contributed by atoms with van der Waals surface area (Å²) in [6, 6.07) is 13.2. The first-order valence-electron chi connectivity index (χ1n) is 15.9. The lowest BCUT2D eigenvalue weighted by Gasteiger charge is -2.30. The largest absolute Gasteiger partial charge is 0.444 e. The Kier molecular flexibility index (Phi) is 12.2. The molecular formula is C33H42N6O6S3. The maximum Gasteiger partial charge on any atom is 0.407 e. The number of carbonyl (C=O) groups excluding carboxylic acids is 2. The minimum atomic E-state index is -4.08. The number of amides is 2.